The van der Waals surface area contributed by atoms with Crippen molar-refractivity contribution < 1.29 is 23.6 Å². The Morgan fingerprint density at radius 1 is 0.650 bits per heavy atom. The molecule has 11 nitrogen and oxygen atoms in total. The number of benzene rings is 4. The number of rotatable bonds is 15. The van der Waals surface area contributed by atoms with Crippen molar-refractivity contribution in [3.63, 3.8) is 0 Å². The highest BCUT2D eigenvalue weighted by atomic mass is 79.9. The number of likely N-dealkylation sites (N-methyl/N-ethyl adjacent to an activating group) is 2. The van der Waals surface area contributed by atoms with Crippen LogP contribution in [0.3, 0.4) is 0 Å². The van der Waals surface area contributed by atoms with Gasteiger partial charge in [0.2, 0.25) is 23.6 Å². The third kappa shape index (κ3) is 8.91. The van der Waals surface area contributed by atoms with Gasteiger partial charge in [-0.15, -0.1) is 0 Å². The van der Waals surface area contributed by atoms with Gasteiger partial charge >= 0.3 is 0 Å². The Hall–Kier alpha value is -5.30. The van der Waals surface area contributed by atoms with Crippen LogP contribution < -0.4 is 10.6 Å². The topological polar surface area (TPSA) is 118 Å². The van der Waals surface area contributed by atoms with Gasteiger partial charge in [0.1, 0.15) is 35.5 Å². The SMILES string of the molecule is CCN(CC)[C@@H](C(=O)N1CCC[C@H]1C(=O)Nc1ccc(-c2oc3ccc(NC(=O)[C@@H]4CCCN4C(=O)[C@@H](c4ccccc4)N(CC)CC)cc3c2Br)cc1)c1ccccc1. The first-order valence-electron chi connectivity index (χ1n) is 21.3. The van der Waals surface area contributed by atoms with Crippen molar-refractivity contribution in [3.8, 4) is 11.3 Å². The molecule has 314 valence electrons. The number of furan rings is 1. The van der Waals surface area contributed by atoms with Crippen molar-refractivity contribution in [2.75, 3.05) is 49.9 Å². The highest BCUT2D eigenvalue weighted by Crippen LogP contribution is 2.40. The molecule has 5 aromatic rings. The number of likely N-dealkylation sites (tertiary alicyclic amines) is 2. The Morgan fingerprint density at radius 3 is 1.57 bits per heavy atom. The molecule has 0 bridgehead atoms. The van der Waals surface area contributed by atoms with E-state index in [0.717, 1.165) is 39.4 Å². The summed E-state index contributed by atoms with van der Waals surface area (Å²) in [6.07, 6.45) is 2.72. The zero-order valence-electron chi connectivity index (χ0n) is 34.9. The lowest BCUT2D eigenvalue weighted by molar-refractivity contribution is -0.141. The van der Waals surface area contributed by atoms with E-state index in [1.807, 2.05) is 103 Å². The molecule has 0 unspecified atom stereocenters. The van der Waals surface area contributed by atoms with Gasteiger partial charge in [0.15, 0.2) is 0 Å². The third-order valence-corrected chi connectivity index (χ3v) is 12.8. The summed E-state index contributed by atoms with van der Waals surface area (Å²) in [5.74, 6) is 0.0924. The molecule has 3 heterocycles. The maximum atomic E-state index is 14.2. The van der Waals surface area contributed by atoms with E-state index >= 15 is 0 Å². The smallest absolute Gasteiger partial charge is 0.247 e. The molecule has 2 aliphatic rings. The van der Waals surface area contributed by atoms with E-state index in [-0.39, 0.29) is 23.6 Å². The molecular weight excluding hydrogens is 820 g/mol. The average Bonchev–Trinajstić information content (AvgIpc) is 4.05. The highest BCUT2D eigenvalue weighted by molar-refractivity contribution is 9.10. The third-order valence-electron chi connectivity index (χ3n) is 12.0. The van der Waals surface area contributed by atoms with Crippen molar-refractivity contribution in [1.29, 1.82) is 0 Å². The second-order valence-electron chi connectivity index (χ2n) is 15.5. The predicted molar refractivity (Wildman–Crippen MR) is 240 cm³/mol. The molecule has 4 aromatic carbocycles. The molecular formula is C48H55BrN6O5. The summed E-state index contributed by atoms with van der Waals surface area (Å²) in [6, 6.07) is 30.5. The zero-order chi connectivity index (χ0) is 42.3. The zero-order valence-corrected chi connectivity index (χ0v) is 36.5. The van der Waals surface area contributed by atoms with Gasteiger partial charge in [-0.25, -0.2) is 0 Å². The van der Waals surface area contributed by atoms with Crippen LogP contribution in [0.4, 0.5) is 11.4 Å². The van der Waals surface area contributed by atoms with Crippen LogP contribution in [0.25, 0.3) is 22.3 Å². The summed E-state index contributed by atoms with van der Waals surface area (Å²) in [5, 5.41) is 6.92. The molecule has 2 saturated heterocycles. The Balaban J connectivity index is 1.02. The fourth-order valence-corrected chi connectivity index (χ4v) is 9.49. The summed E-state index contributed by atoms with van der Waals surface area (Å²) in [6.45, 7) is 12.1. The molecule has 4 atom stereocenters. The standard InChI is InChI=1S/C48H55BrN6O5/c1-5-52(6-2)42(32-17-11-9-12-18-32)47(58)54-29-15-21-38(54)45(56)50-35-25-23-34(24-26-35)44-41(49)37-31-36(27-28-40(37)60-44)51-46(57)39-22-16-30-55(39)48(59)43(53(7-3)8-4)33-19-13-10-14-20-33/h9-14,17-20,23-28,31,38-39,42-43H,5-8,15-16,21-22,29-30H2,1-4H3,(H,50,56)(H,51,57)/t38-,39-,42+,43+/m0/s1. The molecule has 2 N–H and O–H groups in total. The summed E-state index contributed by atoms with van der Waals surface area (Å²) in [4.78, 5) is 63.6. The van der Waals surface area contributed by atoms with Crippen LogP contribution in [-0.2, 0) is 19.2 Å². The number of carbonyl (C=O) groups is 4. The monoisotopic (exact) mass is 874 g/mol. The fourth-order valence-electron chi connectivity index (χ4n) is 8.87. The van der Waals surface area contributed by atoms with Crippen molar-refractivity contribution in [3.05, 3.63) is 119 Å². The van der Waals surface area contributed by atoms with Gasteiger partial charge in [0.25, 0.3) is 0 Å². The number of anilines is 2. The van der Waals surface area contributed by atoms with Crippen molar-refractivity contribution in [2.24, 2.45) is 0 Å². The van der Waals surface area contributed by atoms with Crippen LogP contribution in [-0.4, -0.2) is 94.6 Å². The van der Waals surface area contributed by atoms with E-state index in [2.05, 4.69) is 64.1 Å². The van der Waals surface area contributed by atoms with Gasteiger partial charge in [-0.3, -0.25) is 29.0 Å². The van der Waals surface area contributed by atoms with Crippen LogP contribution >= 0.6 is 15.9 Å². The van der Waals surface area contributed by atoms with Gasteiger partial charge in [0.05, 0.1) is 4.47 Å². The molecule has 2 fully saturated rings. The predicted octanol–water partition coefficient (Wildman–Crippen LogP) is 8.89. The molecule has 2 aliphatic heterocycles. The van der Waals surface area contributed by atoms with E-state index in [0.29, 0.717) is 74.8 Å². The summed E-state index contributed by atoms with van der Waals surface area (Å²) < 4.78 is 7.02. The van der Waals surface area contributed by atoms with Crippen molar-refractivity contribution in [2.45, 2.75) is 77.5 Å². The maximum absolute atomic E-state index is 14.2. The van der Waals surface area contributed by atoms with Crippen LogP contribution in [0.5, 0.6) is 0 Å². The fraction of sp³-hybridized carbons (Fsp3) is 0.375. The quantitative estimate of drug-likeness (QED) is 0.108. The minimum Gasteiger partial charge on any atom is -0.455 e. The minimum absolute atomic E-state index is 0.0474. The molecule has 4 amide bonds. The molecule has 7 rings (SSSR count). The largest absolute Gasteiger partial charge is 0.455 e. The molecule has 0 aliphatic carbocycles. The van der Waals surface area contributed by atoms with E-state index in [4.69, 9.17) is 4.42 Å². The lowest BCUT2D eigenvalue weighted by atomic mass is 10.0. The van der Waals surface area contributed by atoms with Gasteiger partial charge in [-0.1, -0.05) is 88.4 Å². The average molecular weight is 876 g/mol. The normalized spacial score (nSPS) is 17.6. The van der Waals surface area contributed by atoms with Crippen LogP contribution in [0.1, 0.15) is 76.6 Å². The number of amides is 4. The van der Waals surface area contributed by atoms with Gasteiger partial charge in [-0.2, -0.15) is 0 Å². The van der Waals surface area contributed by atoms with Crippen molar-refractivity contribution in [1.82, 2.24) is 19.6 Å². The first-order valence-corrected chi connectivity index (χ1v) is 22.1. The molecule has 1 aromatic heterocycles. The summed E-state index contributed by atoms with van der Waals surface area (Å²) in [7, 11) is 0. The molecule has 0 saturated carbocycles. The Kier molecular flexibility index (Phi) is 13.8. The lowest BCUT2D eigenvalue weighted by Gasteiger charge is -2.34. The van der Waals surface area contributed by atoms with Gasteiger partial charge in [-0.05, 0) is 121 Å². The van der Waals surface area contributed by atoms with E-state index in [1.54, 1.807) is 9.80 Å². The first kappa shape index (κ1) is 42.8. The van der Waals surface area contributed by atoms with Gasteiger partial charge < -0.3 is 24.9 Å². The number of nitrogens with one attached hydrogen (secondary N) is 2. The van der Waals surface area contributed by atoms with Crippen molar-refractivity contribution >= 4 is 61.9 Å². The summed E-state index contributed by atoms with van der Waals surface area (Å²) >= 11 is 3.75. The molecule has 0 radical (unpaired) electrons. The number of halogens is 1. The second-order valence-corrected chi connectivity index (χ2v) is 16.3. The molecule has 12 heteroatoms. The number of hydrogen-bond acceptors (Lipinski definition) is 7. The van der Waals surface area contributed by atoms with Crippen LogP contribution in [0, 0.1) is 0 Å². The molecule has 60 heavy (non-hydrogen) atoms. The van der Waals surface area contributed by atoms with E-state index in [1.165, 1.54) is 0 Å². The van der Waals surface area contributed by atoms with Crippen LogP contribution in [0.2, 0.25) is 0 Å². The van der Waals surface area contributed by atoms with Gasteiger partial charge in [0, 0.05) is 35.4 Å². The van der Waals surface area contributed by atoms with Crippen LogP contribution in [0.15, 0.2) is 112 Å². The maximum Gasteiger partial charge on any atom is 0.247 e. The Morgan fingerprint density at radius 2 is 1.10 bits per heavy atom. The Bertz CT molecular complexity index is 2280. The number of fused-ring (bicyclic) bond motifs is 1. The minimum atomic E-state index is -0.576. The molecule has 0 spiro atoms. The second kappa shape index (κ2) is 19.4. The Labute approximate surface area is 361 Å². The van der Waals surface area contributed by atoms with E-state index < -0.39 is 24.2 Å². The highest BCUT2D eigenvalue weighted by Gasteiger charge is 2.41. The number of carbonyl (C=O) groups excluding carboxylic acids is 4. The summed E-state index contributed by atoms with van der Waals surface area (Å²) in [5.41, 5.74) is 4.51. The lowest BCUT2D eigenvalue weighted by Crippen LogP contribution is -2.48. The number of hydrogen-bond donors (Lipinski definition) is 2. The first-order chi connectivity index (χ1) is 29.2. The number of nitrogens with zero attached hydrogens (tertiary/aromatic N) is 4. The van der Waals surface area contributed by atoms with E-state index in [9.17, 15) is 19.2 Å².